The molecule has 2 N–H and O–H groups in total. The maximum absolute atomic E-state index is 13.7. The zero-order valence-corrected chi connectivity index (χ0v) is 24.0. The molecule has 0 amide bonds. The Bertz CT molecular complexity index is 1350. The number of aromatic nitrogens is 5. The molecule has 10 heteroatoms. The van der Waals surface area contributed by atoms with Gasteiger partial charge in [0.05, 0.1) is 30.6 Å². The Morgan fingerprint density at radius 3 is 2.62 bits per heavy atom. The lowest BCUT2D eigenvalue weighted by molar-refractivity contribution is -0.130. The highest BCUT2D eigenvalue weighted by atomic mass is 16.5. The Morgan fingerprint density at radius 2 is 1.93 bits per heavy atom. The summed E-state index contributed by atoms with van der Waals surface area (Å²) in [6.45, 7) is 8.12. The Labute approximate surface area is 235 Å². The molecular formula is C30H42N6O4. The number of hydrogen-bond acceptors (Lipinski definition) is 8. The second-order valence-electron chi connectivity index (χ2n) is 12.7. The van der Waals surface area contributed by atoms with E-state index in [1.807, 2.05) is 48.6 Å². The molecule has 1 unspecified atom stereocenters. The van der Waals surface area contributed by atoms with Crippen LogP contribution >= 0.6 is 0 Å². The third-order valence-electron chi connectivity index (χ3n) is 9.40. The van der Waals surface area contributed by atoms with Crippen molar-refractivity contribution in [2.45, 2.75) is 82.9 Å². The summed E-state index contributed by atoms with van der Waals surface area (Å²) in [4.78, 5) is 18.3. The summed E-state index contributed by atoms with van der Waals surface area (Å²) in [7, 11) is 1.68. The second kappa shape index (κ2) is 10.9. The van der Waals surface area contributed by atoms with Crippen molar-refractivity contribution in [3.05, 3.63) is 30.4 Å². The maximum Gasteiger partial charge on any atom is 0.241 e. The summed E-state index contributed by atoms with van der Waals surface area (Å²) >= 11 is 0. The van der Waals surface area contributed by atoms with E-state index in [0.717, 1.165) is 74.1 Å². The summed E-state index contributed by atoms with van der Waals surface area (Å²) < 4.78 is 14.7. The molecule has 1 aliphatic heterocycles. The van der Waals surface area contributed by atoms with Crippen LogP contribution in [0.5, 0.6) is 0 Å². The van der Waals surface area contributed by atoms with Gasteiger partial charge < -0.3 is 19.9 Å². The first-order valence-electron chi connectivity index (χ1n) is 14.7. The van der Waals surface area contributed by atoms with Crippen LogP contribution in [0.3, 0.4) is 0 Å². The minimum Gasteiger partial charge on any atom is -0.393 e. The van der Waals surface area contributed by atoms with Crippen molar-refractivity contribution in [1.82, 2.24) is 24.4 Å². The largest absolute Gasteiger partial charge is 0.393 e. The van der Waals surface area contributed by atoms with Gasteiger partial charge >= 0.3 is 0 Å². The molecular weight excluding hydrogens is 508 g/mol. The number of carbonyl (C=O) groups is 1. The highest BCUT2D eigenvalue weighted by molar-refractivity contribution is 5.88. The van der Waals surface area contributed by atoms with Crippen LogP contribution < -0.4 is 5.32 Å². The summed E-state index contributed by atoms with van der Waals surface area (Å²) in [5.41, 5.74) is 3.21. The van der Waals surface area contributed by atoms with Gasteiger partial charge in [0.15, 0.2) is 5.78 Å². The third-order valence-corrected chi connectivity index (χ3v) is 9.40. The molecule has 3 fully saturated rings. The van der Waals surface area contributed by atoms with Crippen LogP contribution in [-0.2, 0) is 19.8 Å². The number of nitrogens with one attached hydrogen (secondary N) is 1. The van der Waals surface area contributed by atoms with Crippen LogP contribution in [0.15, 0.2) is 24.7 Å². The fourth-order valence-corrected chi connectivity index (χ4v) is 7.07. The van der Waals surface area contributed by atoms with Gasteiger partial charge in [-0.05, 0) is 77.2 Å². The zero-order valence-electron chi connectivity index (χ0n) is 24.0. The van der Waals surface area contributed by atoms with Crippen molar-refractivity contribution in [3.8, 4) is 11.1 Å². The lowest BCUT2D eigenvalue weighted by Gasteiger charge is -2.27. The molecule has 6 rings (SSSR count). The molecule has 2 aliphatic carbocycles. The second-order valence-corrected chi connectivity index (χ2v) is 12.7. The van der Waals surface area contributed by atoms with Gasteiger partial charge in [0, 0.05) is 61.2 Å². The maximum atomic E-state index is 13.7. The van der Waals surface area contributed by atoms with E-state index >= 15 is 0 Å². The number of anilines is 1. The van der Waals surface area contributed by atoms with Crippen molar-refractivity contribution in [2.24, 2.45) is 17.8 Å². The van der Waals surface area contributed by atoms with E-state index in [4.69, 9.17) is 19.7 Å². The molecule has 216 valence electrons. The SMILES string of the molecule is COC[C@H](C)Nc1ncc2c(-c3cnn(C(C)(C)C(=O)C4C[C@H]5COC[C@H]5C4)c3)cc(C3CCC(O)CC3)n2n1. The van der Waals surface area contributed by atoms with Crippen LogP contribution in [0.25, 0.3) is 16.6 Å². The number of methoxy groups -OCH3 is 1. The Balaban J connectivity index is 1.31. The number of fused-ring (bicyclic) bond motifs is 2. The predicted molar refractivity (Wildman–Crippen MR) is 151 cm³/mol. The van der Waals surface area contributed by atoms with Gasteiger partial charge in [0.1, 0.15) is 5.54 Å². The topological polar surface area (TPSA) is 116 Å². The molecule has 4 heterocycles. The van der Waals surface area contributed by atoms with Crippen molar-refractivity contribution in [3.63, 3.8) is 0 Å². The molecule has 3 aliphatic rings. The quantitative estimate of drug-likeness (QED) is 0.410. The van der Waals surface area contributed by atoms with Gasteiger partial charge in [0.2, 0.25) is 5.95 Å². The van der Waals surface area contributed by atoms with E-state index in [2.05, 4.69) is 16.4 Å². The average Bonchev–Trinajstić information content (AvgIpc) is 3.71. The van der Waals surface area contributed by atoms with E-state index in [1.54, 1.807) is 7.11 Å². The summed E-state index contributed by atoms with van der Waals surface area (Å²) in [5, 5.41) is 23.0. The fourth-order valence-electron chi connectivity index (χ4n) is 7.07. The van der Waals surface area contributed by atoms with Crippen molar-refractivity contribution < 1.29 is 19.4 Å². The van der Waals surface area contributed by atoms with Crippen LogP contribution in [-0.4, -0.2) is 74.3 Å². The number of ketones is 1. The first kappa shape index (κ1) is 27.4. The first-order chi connectivity index (χ1) is 19.2. The highest BCUT2D eigenvalue weighted by Crippen LogP contribution is 2.43. The van der Waals surface area contributed by atoms with E-state index in [-0.39, 0.29) is 23.8 Å². The number of aliphatic hydroxyl groups excluding tert-OH is 1. The summed E-state index contributed by atoms with van der Waals surface area (Å²) in [5.74, 6) is 2.19. The molecule has 1 saturated heterocycles. The van der Waals surface area contributed by atoms with Gasteiger partial charge in [-0.15, -0.1) is 5.10 Å². The molecule has 2 saturated carbocycles. The van der Waals surface area contributed by atoms with Crippen molar-refractivity contribution >= 4 is 17.2 Å². The van der Waals surface area contributed by atoms with Crippen molar-refractivity contribution in [2.75, 3.05) is 32.2 Å². The average molecular weight is 551 g/mol. The highest BCUT2D eigenvalue weighted by Gasteiger charge is 2.45. The molecule has 3 aromatic rings. The molecule has 4 atom stereocenters. The Kier molecular flexibility index (Phi) is 7.43. The van der Waals surface area contributed by atoms with Gasteiger partial charge in [0.25, 0.3) is 0 Å². The zero-order chi connectivity index (χ0) is 28.0. The number of carbonyl (C=O) groups excluding carboxylic acids is 1. The third kappa shape index (κ3) is 5.05. The smallest absolute Gasteiger partial charge is 0.241 e. The number of hydrogen-bond donors (Lipinski definition) is 2. The normalized spacial score (nSPS) is 27.7. The van der Waals surface area contributed by atoms with Crippen LogP contribution in [0, 0.1) is 17.8 Å². The molecule has 40 heavy (non-hydrogen) atoms. The molecule has 10 nitrogen and oxygen atoms in total. The minimum atomic E-state index is -0.745. The van der Waals surface area contributed by atoms with Crippen molar-refractivity contribution in [1.29, 1.82) is 0 Å². The molecule has 0 radical (unpaired) electrons. The van der Waals surface area contributed by atoms with Crippen LogP contribution in [0.1, 0.15) is 70.9 Å². The minimum absolute atomic E-state index is 0.0601. The van der Waals surface area contributed by atoms with E-state index in [1.165, 1.54) is 0 Å². The standard InChI is InChI=1S/C30H42N6O4/c1-18(15-39-4)33-29-31-13-27-25(11-26(36(27)34-29)19-5-7-24(37)8-6-19)23-12-32-35(14-23)30(2,3)28(38)20-9-21-16-40-17-22(21)10-20/h11-14,18-22,24,37H,5-10,15-17H2,1-4H3,(H,33,34)/t18-,19?,20?,21-,22+,24?/m0/s1. The number of ether oxygens (including phenoxy) is 2. The molecule has 0 aromatic carbocycles. The molecule has 0 spiro atoms. The number of aliphatic hydroxyl groups is 1. The summed E-state index contributed by atoms with van der Waals surface area (Å²) in [6, 6.07) is 2.26. The van der Waals surface area contributed by atoms with Gasteiger partial charge in [-0.3, -0.25) is 9.48 Å². The first-order valence-corrected chi connectivity index (χ1v) is 14.7. The van der Waals surface area contributed by atoms with E-state index in [0.29, 0.717) is 30.3 Å². The van der Waals surface area contributed by atoms with Gasteiger partial charge in [-0.1, -0.05) is 0 Å². The lowest BCUT2D eigenvalue weighted by atomic mass is 9.85. The monoisotopic (exact) mass is 550 g/mol. The predicted octanol–water partition coefficient (Wildman–Crippen LogP) is 4.03. The number of Topliss-reactive ketones (excluding diaryl/α,β-unsaturated/α-hetero) is 1. The van der Waals surface area contributed by atoms with Gasteiger partial charge in [-0.2, -0.15) is 5.10 Å². The van der Waals surface area contributed by atoms with Gasteiger partial charge in [-0.25, -0.2) is 9.50 Å². The molecule has 3 aromatic heterocycles. The number of rotatable bonds is 9. The van der Waals surface area contributed by atoms with Crippen LogP contribution in [0.4, 0.5) is 5.95 Å². The fraction of sp³-hybridized carbons (Fsp3) is 0.667. The van der Waals surface area contributed by atoms with E-state index in [9.17, 15) is 9.90 Å². The lowest BCUT2D eigenvalue weighted by Crippen LogP contribution is -2.40. The molecule has 0 bridgehead atoms. The van der Waals surface area contributed by atoms with Crippen LogP contribution in [0.2, 0.25) is 0 Å². The number of nitrogens with zero attached hydrogens (tertiary/aromatic N) is 5. The Hall–Kier alpha value is -2.82. The van der Waals surface area contributed by atoms with E-state index < -0.39 is 5.54 Å². The summed E-state index contributed by atoms with van der Waals surface area (Å²) in [6.07, 6.45) is 10.7. The Morgan fingerprint density at radius 1 is 1.20 bits per heavy atom.